The predicted molar refractivity (Wildman–Crippen MR) is 85.1 cm³/mol. The lowest BCUT2D eigenvalue weighted by Gasteiger charge is -2.11. The van der Waals surface area contributed by atoms with Gasteiger partial charge in [0, 0.05) is 18.7 Å². The first kappa shape index (κ1) is 14.8. The summed E-state index contributed by atoms with van der Waals surface area (Å²) in [7, 11) is 0. The molecule has 0 spiro atoms. The van der Waals surface area contributed by atoms with Gasteiger partial charge in [0.05, 0.1) is 6.54 Å². The summed E-state index contributed by atoms with van der Waals surface area (Å²) in [6, 6.07) is 10.1. The summed E-state index contributed by atoms with van der Waals surface area (Å²) < 4.78 is 5.56. The maximum Gasteiger partial charge on any atom is 0.276 e. The topological polar surface area (TPSA) is 59.2 Å². The first-order valence-corrected chi connectivity index (χ1v) is 8.24. The second-order valence-electron chi connectivity index (χ2n) is 5.00. The Morgan fingerprint density at radius 2 is 2.14 bits per heavy atom. The molecule has 2 aromatic rings. The van der Waals surface area contributed by atoms with Gasteiger partial charge in [0.2, 0.25) is 11.8 Å². The third-order valence-electron chi connectivity index (χ3n) is 3.36. The molecule has 1 amide bonds. The fraction of sp³-hybridized carbons (Fsp3) is 0.312. The largest absolute Gasteiger partial charge is 0.414 e. The summed E-state index contributed by atoms with van der Waals surface area (Å²) in [6.45, 7) is 1.20. The molecule has 0 saturated carbocycles. The van der Waals surface area contributed by atoms with E-state index in [0.717, 1.165) is 18.7 Å². The molecule has 0 aliphatic carbocycles. The molecule has 6 heteroatoms. The van der Waals surface area contributed by atoms with E-state index in [0.29, 0.717) is 24.1 Å². The third-order valence-corrected chi connectivity index (χ3v) is 4.13. The van der Waals surface area contributed by atoms with E-state index in [1.807, 2.05) is 18.2 Å². The maximum absolute atomic E-state index is 11.6. The average Bonchev–Trinajstić information content (AvgIpc) is 3.15. The van der Waals surface area contributed by atoms with Crippen molar-refractivity contribution in [1.82, 2.24) is 15.1 Å². The molecule has 114 valence electrons. The van der Waals surface area contributed by atoms with Crippen molar-refractivity contribution in [1.29, 1.82) is 0 Å². The SMILES string of the molecule is O=C1CCCN1Cc1nnc(SC/C=C\c2ccccc2)o1. The number of nitrogens with zero attached hydrogens (tertiary/aromatic N) is 3. The minimum absolute atomic E-state index is 0.165. The van der Waals surface area contributed by atoms with Crippen LogP contribution in [0.2, 0.25) is 0 Å². The Bertz CT molecular complexity index is 654. The van der Waals surface area contributed by atoms with Crippen LogP contribution in [0.5, 0.6) is 0 Å². The Morgan fingerprint density at radius 3 is 2.91 bits per heavy atom. The third kappa shape index (κ3) is 3.98. The Morgan fingerprint density at radius 1 is 1.27 bits per heavy atom. The molecule has 0 radical (unpaired) electrons. The number of hydrogen-bond acceptors (Lipinski definition) is 5. The molecular formula is C16H17N3O2S. The highest BCUT2D eigenvalue weighted by molar-refractivity contribution is 7.99. The second kappa shape index (κ2) is 7.26. The molecule has 1 aromatic carbocycles. The van der Waals surface area contributed by atoms with Crippen molar-refractivity contribution in [3.05, 3.63) is 47.9 Å². The molecule has 1 aliphatic rings. The van der Waals surface area contributed by atoms with Crippen LogP contribution in [-0.4, -0.2) is 33.3 Å². The standard InChI is InChI=1S/C16H17N3O2S/c20-15-9-4-10-19(15)12-14-17-18-16(21-14)22-11-5-8-13-6-2-1-3-7-13/h1-3,5-8H,4,9-12H2/b8-5-. The van der Waals surface area contributed by atoms with Crippen LogP contribution in [0, 0.1) is 0 Å². The van der Waals surface area contributed by atoms with Gasteiger partial charge in [-0.2, -0.15) is 0 Å². The second-order valence-corrected chi connectivity index (χ2v) is 5.98. The summed E-state index contributed by atoms with van der Waals surface area (Å²) in [5, 5.41) is 8.54. The van der Waals surface area contributed by atoms with E-state index in [2.05, 4.69) is 34.5 Å². The van der Waals surface area contributed by atoms with Crippen LogP contribution in [0.25, 0.3) is 6.08 Å². The highest BCUT2D eigenvalue weighted by Gasteiger charge is 2.22. The van der Waals surface area contributed by atoms with Gasteiger partial charge in [-0.1, -0.05) is 54.2 Å². The average molecular weight is 315 g/mol. The molecule has 0 atom stereocenters. The molecule has 2 heterocycles. The van der Waals surface area contributed by atoms with Gasteiger partial charge < -0.3 is 9.32 Å². The number of thioether (sulfide) groups is 1. The molecule has 3 rings (SSSR count). The minimum Gasteiger partial charge on any atom is -0.414 e. The number of amides is 1. The first-order chi connectivity index (χ1) is 10.8. The lowest BCUT2D eigenvalue weighted by atomic mass is 10.2. The van der Waals surface area contributed by atoms with Crippen molar-refractivity contribution in [2.45, 2.75) is 24.6 Å². The minimum atomic E-state index is 0.165. The Kier molecular flexibility index (Phi) is 4.90. The summed E-state index contributed by atoms with van der Waals surface area (Å²) >= 11 is 1.49. The summed E-state index contributed by atoms with van der Waals surface area (Å²) in [4.78, 5) is 13.3. The zero-order chi connectivity index (χ0) is 15.2. The fourth-order valence-electron chi connectivity index (χ4n) is 2.26. The van der Waals surface area contributed by atoms with Crippen molar-refractivity contribution in [2.75, 3.05) is 12.3 Å². The van der Waals surface area contributed by atoms with Crippen LogP contribution in [0.3, 0.4) is 0 Å². The lowest BCUT2D eigenvalue weighted by Crippen LogP contribution is -2.23. The molecule has 0 bridgehead atoms. The van der Waals surface area contributed by atoms with Gasteiger partial charge in [0.1, 0.15) is 0 Å². The smallest absolute Gasteiger partial charge is 0.276 e. The summed E-state index contributed by atoms with van der Waals surface area (Å²) in [5.74, 6) is 1.43. The van der Waals surface area contributed by atoms with E-state index >= 15 is 0 Å². The van der Waals surface area contributed by atoms with Crippen LogP contribution in [0.1, 0.15) is 24.3 Å². The van der Waals surface area contributed by atoms with Crippen molar-refractivity contribution < 1.29 is 9.21 Å². The lowest BCUT2D eigenvalue weighted by molar-refractivity contribution is -0.128. The molecule has 1 fully saturated rings. The number of carbonyl (C=O) groups excluding carboxylic acids is 1. The van der Waals surface area contributed by atoms with E-state index < -0.39 is 0 Å². The normalized spacial score (nSPS) is 15.1. The maximum atomic E-state index is 11.6. The molecule has 0 unspecified atom stereocenters. The molecule has 5 nitrogen and oxygen atoms in total. The van der Waals surface area contributed by atoms with Gasteiger partial charge >= 0.3 is 0 Å². The summed E-state index contributed by atoms with van der Waals surface area (Å²) in [5.41, 5.74) is 1.17. The fourth-order valence-corrected chi connectivity index (χ4v) is 2.85. The van der Waals surface area contributed by atoms with Crippen molar-refractivity contribution in [3.63, 3.8) is 0 Å². The number of carbonyl (C=O) groups is 1. The van der Waals surface area contributed by atoms with Crippen LogP contribution in [-0.2, 0) is 11.3 Å². The van der Waals surface area contributed by atoms with Gasteiger partial charge in [-0.25, -0.2) is 0 Å². The monoisotopic (exact) mass is 315 g/mol. The highest BCUT2D eigenvalue weighted by Crippen LogP contribution is 2.19. The van der Waals surface area contributed by atoms with Crippen LogP contribution in [0.4, 0.5) is 0 Å². The molecule has 1 aromatic heterocycles. The van der Waals surface area contributed by atoms with Crippen LogP contribution < -0.4 is 0 Å². The van der Waals surface area contributed by atoms with Crippen molar-refractivity contribution in [3.8, 4) is 0 Å². The molecular weight excluding hydrogens is 298 g/mol. The van der Waals surface area contributed by atoms with Crippen LogP contribution in [0.15, 0.2) is 46.0 Å². The predicted octanol–water partition coefficient (Wildman–Crippen LogP) is 3.00. The Hall–Kier alpha value is -2.08. The van der Waals surface area contributed by atoms with Gasteiger partial charge in [-0.3, -0.25) is 4.79 Å². The quantitative estimate of drug-likeness (QED) is 0.767. The van der Waals surface area contributed by atoms with E-state index in [-0.39, 0.29) is 5.91 Å². The number of aromatic nitrogens is 2. The van der Waals surface area contributed by atoms with E-state index in [9.17, 15) is 4.79 Å². The molecule has 0 N–H and O–H groups in total. The van der Waals surface area contributed by atoms with Gasteiger partial charge in [0.25, 0.3) is 5.22 Å². The highest BCUT2D eigenvalue weighted by atomic mass is 32.2. The van der Waals surface area contributed by atoms with E-state index in [4.69, 9.17) is 4.42 Å². The van der Waals surface area contributed by atoms with Crippen molar-refractivity contribution in [2.24, 2.45) is 0 Å². The van der Waals surface area contributed by atoms with Crippen LogP contribution >= 0.6 is 11.8 Å². The van der Waals surface area contributed by atoms with E-state index in [1.54, 1.807) is 4.90 Å². The Balaban J connectivity index is 1.47. The molecule has 1 aliphatic heterocycles. The summed E-state index contributed by atoms with van der Waals surface area (Å²) in [6.07, 6.45) is 5.67. The number of rotatable bonds is 6. The number of benzene rings is 1. The number of hydrogen-bond donors (Lipinski definition) is 0. The first-order valence-electron chi connectivity index (χ1n) is 7.26. The van der Waals surface area contributed by atoms with Gasteiger partial charge in [0.15, 0.2) is 0 Å². The molecule has 1 saturated heterocycles. The zero-order valence-electron chi connectivity index (χ0n) is 12.1. The molecule has 22 heavy (non-hydrogen) atoms. The van der Waals surface area contributed by atoms with Gasteiger partial charge in [-0.15, -0.1) is 10.2 Å². The van der Waals surface area contributed by atoms with E-state index in [1.165, 1.54) is 17.3 Å². The van der Waals surface area contributed by atoms with Gasteiger partial charge in [-0.05, 0) is 12.0 Å². The van der Waals surface area contributed by atoms with Crippen molar-refractivity contribution >= 4 is 23.7 Å². The Labute approximate surface area is 133 Å². The number of likely N-dealkylation sites (tertiary alicyclic amines) is 1. The zero-order valence-corrected chi connectivity index (χ0v) is 13.0.